The molecule has 4 nitrogen and oxygen atoms in total. The molecule has 0 fully saturated rings. The molecule has 0 radical (unpaired) electrons. The Bertz CT molecular complexity index is 199. The molecular formula is C8H16N2O2S. The highest BCUT2D eigenvalue weighted by atomic mass is 32.1. The van der Waals surface area contributed by atoms with E-state index in [1.165, 1.54) is 0 Å². The normalized spacial score (nSPS) is 10.8. The van der Waals surface area contributed by atoms with Crippen molar-refractivity contribution in [2.75, 3.05) is 13.2 Å². The van der Waals surface area contributed by atoms with Crippen LogP contribution in [0.2, 0.25) is 0 Å². The van der Waals surface area contributed by atoms with Gasteiger partial charge in [-0.15, -0.1) is 0 Å². The fraction of sp³-hybridized carbons (Fsp3) is 0.750. The number of aliphatic hydroxyl groups excluding tert-OH is 1. The number of aliphatic hydroxyl groups is 1. The maximum Gasteiger partial charge on any atom is 0.231 e. The fourth-order valence-electron chi connectivity index (χ4n) is 0.504. The third-order valence-corrected chi connectivity index (χ3v) is 1.55. The third-order valence-electron chi connectivity index (χ3n) is 1.31. The molecule has 0 bridgehead atoms. The van der Waals surface area contributed by atoms with Crippen LogP contribution in [-0.4, -0.2) is 29.3 Å². The summed E-state index contributed by atoms with van der Waals surface area (Å²) in [6, 6.07) is 0. The topological polar surface area (TPSA) is 61.4 Å². The van der Waals surface area contributed by atoms with Crippen molar-refractivity contribution in [3.05, 3.63) is 0 Å². The summed E-state index contributed by atoms with van der Waals surface area (Å²) in [4.78, 5) is 11.3. The highest BCUT2D eigenvalue weighted by molar-refractivity contribution is 7.80. The molecule has 0 aliphatic carbocycles. The van der Waals surface area contributed by atoms with Gasteiger partial charge in [-0.2, -0.15) is 0 Å². The van der Waals surface area contributed by atoms with Gasteiger partial charge in [0.15, 0.2) is 5.11 Å². The molecule has 0 saturated carbocycles. The van der Waals surface area contributed by atoms with E-state index < -0.39 is 5.41 Å². The summed E-state index contributed by atoms with van der Waals surface area (Å²) in [5.41, 5.74) is -0.453. The van der Waals surface area contributed by atoms with Crippen molar-refractivity contribution >= 4 is 23.2 Å². The van der Waals surface area contributed by atoms with Crippen molar-refractivity contribution in [3.63, 3.8) is 0 Å². The highest BCUT2D eigenvalue weighted by Crippen LogP contribution is 2.11. The predicted molar refractivity (Wildman–Crippen MR) is 55.3 cm³/mol. The molecule has 3 N–H and O–H groups in total. The molecule has 0 atom stereocenters. The number of hydrogen-bond donors (Lipinski definition) is 3. The molecule has 0 saturated heterocycles. The van der Waals surface area contributed by atoms with Crippen LogP contribution in [0.4, 0.5) is 0 Å². The van der Waals surface area contributed by atoms with Crippen molar-refractivity contribution < 1.29 is 9.90 Å². The van der Waals surface area contributed by atoms with Crippen LogP contribution in [0.1, 0.15) is 20.8 Å². The first-order valence-electron chi connectivity index (χ1n) is 4.08. The van der Waals surface area contributed by atoms with Gasteiger partial charge in [0.2, 0.25) is 5.91 Å². The Labute approximate surface area is 83.7 Å². The zero-order chi connectivity index (χ0) is 10.5. The molecule has 1 amide bonds. The Hall–Kier alpha value is -0.680. The van der Waals surface area contributed by atoms with Gasteiger partial charge in [-0.3, -0.25) is 4.79 Å². The van der Waals surface area contributed by atoms with Crippen LogP contribution in [0, 0.1) is 5.41 Å². The predicted octanol–water partition coefficient (Wildman–Crippen LogP) is 0.0155. The minimum atomic E-state index is -0.453. The van der Waals surface area contributed by atoms with Gasteiger partial charge in [-0.1, -0.05) is 20.8 Å². The Balaban J connectivity index is 3.86. The zero-order valence-electron chi connectivity index (χ0n) is 8.18. The molecule has 0 rings (SSSR count). The van der Waals surface area contributed by atoms with Gasteiger partial charge in [-0.25, -0.2) is 0 Å². The van der Waals surface area contributed by atoms with Crippen LogP contribution in [0.3, 0.4) is 0 Å². The van der Waals surface area contributed by atoms with E-state index in [-0.39, 0.29) is 17.6 Å². The van der Waals surface area contributed by atoms with Crippen LogP contribution < -0.4 is 10.6 Å². The Kier molecular flexibility index (Phi) is 4.87. The Morgan fingerprint density at radius 1 is 1.46 bits per heavy atom. The third kappa shape index (κ3) is 5.54. The largest absolute Gasteiger partial charge is 0.395 e. The number of carbonyl (C=O) groups is 1. The number of rotatable bonds is 2. The van der Waals surface area contributed by atoms with Crippen LogP contribution in [0.25, 0.3) is 0 Å². The van der Waals surface area contributed by atoms with Crippen LogP contribution in [0.15, 0.2) is 0 Å². The van der Waals surface area contributed by atoms with Crippen LogP contribution in [-0.2, 0) is 4.79 Å². The average Bonchev–Trinajstić information content (AvgIpc) is 1.99. The number of amides is 1. The summed E-state index contributed by atoms with van der Waals surface area (Å²) in [5.74, 6) is -0.136. The smallest absolute Gasteiger partial charge is 0.231 e. The first kappa shape index (κ1) is 12.3. The summed E-state index contributed by atoms with van der Waals surface area (Å²) < 4.78 is 0. The number of carbonyl (C=O) groups excluding carboxylic acids is 1. The van der Waals surface area contributed by atoms with Gasteiger partial charge >= 0.3 is 0 Å². The summed E-state index contributed by atoms with van der Waals surface area (Å²) >= 11 is 4.81. The Morgan fingerprint density at radius 2 is 2.00 bits per heavy atom. The minimum Gasteiger partial charge on any atom is -0.395 e. The summed E-state index contributed by atoms with van der Waals surface area (Å²) in [7, 11) is 0. The molecular weight excluding hydrogens is 188 g/mol. The van der Waals surface area contributed by atoms with Gasteiger partial charge < -0.3 is 15.7 Å². The second kappa shape index (κ2) is 5.14. The maximum atomic E-state index is 11.3. The summed E-state index contributed by atoms with van der Waals surface area (Å²) in [6.45, 7) is 5.75. The van der Waals surface area contributed by atoms with E-state index in [0.717, 1.165) is 0 Å². The molecule has 5 heteroatoms. The number of hydrogen-bond acceptors (Lipinski definition) is 3. The molecule has 0 aromatic rings. The van der Waals surface area contributed by atoms with Crippen molar-refractivity contribution in [2.45, 2.75) is 20.8 Å². The molecule has 0 aliphatic rings. The SMILES string of the molecule is CC(C)(C)C(=O)NC(=S)NCCO. The first-order valence-corrected chi connectivity index (χ1v) is 4.49. The monoisotopic (exact) mass is 204 g/mol. The number of thiocarbonyl (C=S) groups is 1. The van der Waals surface area contributed by atoms with E-state index in [1.807, 2.05) is 0 Å². The minimum absolute atomic E-state index is 0.00840. The quantitative estimate of drug-likeness (QED) is 0.555. The lowest BCUT2D eigenvalue weighted by molar-refractivity contribution is -0.126. The van der Waals surface area contributed by atoms with Crippen molar-refractivity contribution in [3.8, 4) is 0 Å². The van der Waals surface area contributed by atoms with Crippen LogP contribution >= 0.6 is 12.2 Å². The lowest BCUT2D eigenvalue weighted by Crippen LogP contribution is -2.45. The van der Waals surface area contributed by atoms with Gasteiger partial charge in [0.1, 0.15) is 0 Å². The zero-order valence-corrected chi connectivity index (χ0v) is 8.99. The van der Waals surface area contributed by atoms with Gasteiger partial charge in [-0.05, 0) is 12.2 Å². The fourth-order valence-corrected chi connectivity index (χ4v) is 0.699. The molecule has 76 valence electrons. The highest BCUT2D eigenvalue weighted by Gasteiger charge is 2.21. The van der Waals surface area contributed by atoms with Gasteiger partial charge in [0, 0.05) is 12.0 Å². The second-order valence-electron chi connectivity index (χ2n) is 3.68. The molecule has 0 unspecified atom stereocenters. The van der Waals surface area contributed by atoms with E-state index >= 15 is 0 Å². The van der Waals surface area contributed by atoms with E-state index in [9.17, 15) is 4.79 Å². The lowest BCUT2D eigenvalue weighted by atomic mass is 9.96. The van der Waals surface area contributed by atoms with E-state index in [1.54, 1.807) is 20.8 Å². The van der Waals surface area contributed by atoms with Gasteiger partial charge in [0.25, 0.3) is 0 Å². The second-order valence-corrected chi connectivity index (χ2v) is 4.09. The summed E-state index contributed by atoms with van der Waals surface area (Å²) in [6.07, 6.45) is 0. The van der Waals surface area contributed by atoms with E-state index in [2.05, 4.69) is 10.6 Å². The molecule has 0 aliphatic heterocycles. The average molecular weight is 204 g/mol. The van der Waals surface area contributed by atoms with Crippen LogP contribution in [0.5, 0.6) is 0 Å². The molecule has 0 heterocycles. The first-order chi connectivity index (χ1) is 5.88. The van der Waals surface area contributed by atoms with Crippen molar-refractivity contribution in [1.29, 1.82) is 0 Å². The standard InChI is InChI=1S/C8H16N2O2S/c1-8(2,3)6(12)10-7(13)9-4-5-11/h11H,4-5H2,1-3H3,(H2,9,10,12,13). The van der Waals surface area contributed by atoms with Gasteiger partial charge in [0.05, 0.1) is 6.61 Å². The maximum absolute atomic E-state index is 11.3. The molecule has 0 aromatic heterocycles. The molecule has 13 heavy (non-hydrogen) atoms. The van der Waals surface area contributed by atoms with E-state index in [0.29, 0.717) is 6.54 Å². The number of nitrogens with one attached hydrogen (secondary N) is 2. The lowest BCUT2D eigenvalue weighted by Gasteiger charge is -2.18. The van der Waals surface area contributed by atoms with E-state index in [4.69, 9.17) is 17.3 Å². The summed E-state index contributed by atoms with van der Waals surface area (Å²) in [5, 5.41) is 13.9. The molecule has 0 spiro atoms. The van der Waals surface area contributed by atoms with Crippen molar-refractivity contribution in [1.82, 2.24) is 10.6 Å². The Morgan fingerprint density at radius 3 is 2.38 bits per heavy atom. The molecule has 0 aromatic carbocycles. The van der Waals surface area contributed by atoms with Crippen molar-refractivity contribution in [2.24, 2.45) is 5.41 Å².